The molecule has 0 radical (unpaired) electrons. The van der Waals surface area contributed by atoms with Crippen LogP contribution in [0.25, 0.3) is 11.4 Å². The lowest BCUT2D eigenvalue weighted by molar-refractivity contribution is -0.147. The molecular formula is C12H11N3O3. The Kier molecular flexibility index (Phi) is 2.76. The topological polar surface area (TPSA) is 78.1 Å². The molecule has 0 bridgehead atoms. The van der Waals surface area contributed by atoms with E-state index in [-0.39, 0.29) is 18.5 Å². The molecule has 0 unspecified atom stereocenters. The van der Waals surface area contributed by atoms with Crippen LogP contribution in [-0.2, 0) is 16.1 Å². The number of carbonyl (C=O) groups is 1. The molecule has 3 rings (SSSR count). The van der Waals surface area contributed by atoms with Gasteiger partial charge >= 0.3 is 5.97 Å². The molecule has 0 spiro atoms. The van der Waals surface area contributed by atoms with Crippen LogP contribution in [0.1, 0.15) is 18.7 Å². The second-order valence-electron chi connectivity index (χ2n) is 4.14. The third-order valence-corrected chi connectivity index (χ3v) is 2.64. The largest absolute Gasteiger partial charge is 0.455 e. The number of nitrogens with zero attached hydrogens (tertiary/aromatic N) is 3. The van der Waals surface area contributed by atoms with E-state index in [4.69, 9.17) is 9.26 Å². The molecule has 6 nitrogen and oxygen atoms in total. The normalized spacial score (nSPS) is 14.4. The lowest BCUT2D eigenvalue weighted by Crippen LogP contribution is -2.06. The lowest BCUT2D eigenvalue weighted by atomic mass is 10.3. The Labute approximate surface area is 103 Å². The lowest BCUT2D eigenvalue weighted by Gasteiger charge is -1.98. The highest BCUT2D eigenvalue weighted by atomic mass is 16.6. The van der Waals surface area contributed by atoms with Crippen molar-refractivity contribution in [2.45, 2.75) is 19.4 Å². The van der Waals surface area contributed by atoms with Crippen molar-refractivity contribution in [2.75, 3.05) is 0 Å². The van der Waals surface area contributed by atoms with Gasteiger partial charge in [-0.25, -0.2) is 0 Å². The Morgan fingerprint density at radius 1 is 1.50 bits per heavy atom. The fraction of sp³-hybridized carbons (Fsp3) is 0.333. The van der Waals surface area contributed by atoms with E-state index in [1.165, 1.54) is 0 Å². The number of esters is 1. The van der Waals surface area contributed by atoms with Crippen LogP contribution < -0.4 is 0 Å². The molecule has 2 aromatic heterocycles. The Morgan fingerprint density at radius 3 is 3.11 bits per heavy atom. The molecule has 0 aliphatic heterocycles. The minimum absolute atomic E-state index is 0.0304. The van der Waals surface area contributed by atoms with Gasteiger partial charge in [0, 0.05) is 18.0 Å². The molecule has 1 saturated carbocycles. The van der Waals surface area contributed by atoms with E-state index in [2.05, 4.69) is 15.1 Å². The molecule has 6 heteroatoms. The van der Waals surface area contributed by atoms with Gasteiger partial charge in [-0.05, 0) is 25.0 Å². The predicted octanol–water partition coefficient (Wildman–Crippen LogP) is 1.58. The van der Waals surface area contributed by atoms with E-state index in [1.807, 2.05) is 6.07 Å². The van der Waals surface area contributed by atoms with Gasteiger partial charge in [0.25, 0.3) is 5.89 Å². The van der Waals surface area contributed by atoms with Crippen LogP contribution in [0.3, 0.4) is 0 Å². The first-order chi connectivity index (χ1) is 8.83. The van der Waals surface area contributed by atoms with Crippen molar-refractivity contribution in [1.82, 2.24) is 15.1 Å². The molecule has 18 heavy (non-hydrogen) atoms. The molecule has 2 aromatic rings. The van der Waals surface area contributed by atoms with Crippen LogP contribution in [-0.4, -0.2) is 21.1 Å². The zero-order valence-electron chi connectivity index (χ0n) is 9.57. The molecule has 0 aromatic carbocycles. The summed E-state index contributed by atoms with van der Waals surface area (Å²) in [5.41, 5.74) is 0.765. The SMILES string of the molecule is O=C(OCc1nc(-c2cccnc2)no1)C1CC1. The Hall–Kier alpha value is -2.24. The summed E-state index contributed by atoms with van der Waals surface area (Å²) in [5, 5.41) is 3.81. The number of aromatic nitrogens is 3. The first-order valence-corrected chi connectivity index (χ1v) is 5.72. The maximum absolute atomic E-state index is 11.3. The molecular weight excluding hydrogens is 234 g/mol. The minimum Gasteiger partial charge on any atom is -0.455 e. The highest BCUT2D eigenvalue weighted by Crippen LogP contribution is 2.30. The van der Waals surface area contributed by atoms with Gasteiger partial charge < -0.3 is 9.26 Å². The van der Waals surface area contributed by atoms with E-state index in [9.17, 15) is 4.79 Å². The van der Waals surface area contributed by atoms with Crippen LogP contribution in [0.15, 0.2) is 29.0 Å². The van der Waals surface area contributed by atoms with Crippen molar-refractivity contribution in [1.29, 1.82) is 0 Å². The van der Waals surface area contributed by atoms with Crippen molar-refractivity contribution in [2.24, 2.45) is 5.92 Å². The average molecular weight is 245 g/mol. The zero-order valence-corrected chi connectivity index (χ0v) is 9.57. The monoisotopic (exact) mass is 245 g/mol. The number of rotatable bonds is 4. The van der Waals surface area contributed by atoms with E-state index in [0.29, 0.717) is 11.7 Å². The number of ether oxygens (including phenoxy) is 1. The van der Waals surface area contributed by atoms with Gasteiger partial charge in [0.1, 0.15) is 0 Å². The van der Waals surface area contributed by atoms with Crippen molar-refractivity contribution in [3.8, 4) is 11.4 Å². The Bertz CT molecular complexity index is 549. The Balaban J connectivity index is 1.64. The first kappa shape index (κ1) is 10.9. The number of carbonyl (C=O) groups excluding carboxylic acids is 1. The maximum atomic E-state index is 11.3. The second kappa shape index (κ2) is 4.56. The van der Waals surface area contributed by atoms with Crippen molar-refractivity contribution in [3.05, 3.63) is 30.4 Å². The van der Waals surface area contributed by atoms with Gasteiger partial charge in [-0.1, -0.05) is 5.16 Å². The summed E-state index contributed by atoms with van der Waals surface area (Å²) < 4.78 is 10.1. The third kappa shape index (κ3) is 2.37. The second-order valence-corrected chi connectivity index (χ2v) is 4.14. The van der Waals surface area contributed by atoms with Crippen molar-refractivity contribution >= 4 is 5.97 Å². The fourth-order valence-electron chi connectivity index (χ4n) is 1.50. The van der Waals surface area contributed by atoms with Gasteiger partial charge in [-0.15, -0.1) is 0 Å². The minimum atomic E-state index is -0.184. The standard InChI is InChI=1S/C12H11N3O3/c16-12(8-3-4-8)17-7-10-14-11(15-18-10)9-2-1-5-13-6-9/h1-2,5-6,8H,3-4,7H2. The maximum Gasteiger partial charge on any atom is 0.309 e. The van der Waals surface area contributed by atoms with Gasteiger partial charge in [0.05, 0.1) is 5.92 Å². The predicted molar refractivity (Wildman–Crippen MR) is 60.0 cm³/mol. The summed E-state index contributed by atoms with van der Waals surface area (Å²) in [6.45, 7) is 0.0304. The smallest absolute Gasteiger partial charge is 0.309 e. The number of pyridine rings is 1. The molecule has 2 heterocycles. The summed E-state index contributed by atoms with van der Waals surface area (Å²) in [4.78, 5) is 19.4. The third-order valence-electron chi connectivity index (χ3n) is 2.64. The fourth-order valence-corrected chi connectivity index (χ4v) is 1.50. The summed E-state index contributed by atoms with van der Waals surface area (Å²) >= 11 is 0. The molecule has 1 aliphatic rings. The van der Waals surface area contributed by atoms with Gasteiger partial charge in [0.2, 0.25) is 5.82 Å². The summed E-state index contributed by atoms with van der Waals surface area (Å²) in [7, 11) is 0. The van der Waals surface area contributed by atoms with Gasteiger partial charge in [-0.3, -0.25) is 9.78 Å². The highest BCUT2D eigenvalue weighted by molar-refractivity contribution is 5.74. The van der Waals surface area contributed by atoms with E-state index in [0.717, 1.165) is 18.4 Å². The summed E-state index contributed by atoms with van der Waals surface area (Å²) in [5.74, 6) is 0.630. The molecule has 1 fully saturated rings. The molecule has 1 aliphatic carbocycles. The Morgan fingerprint density at radius 2 is 2.39 bits per heavy atom. The van der Waals surface area contributed by atoms with Crippen LogP contribution in [0, 0.1) is 5.92 Å². The zero-order chi connectivity index (χ0) is 12.4. The van der Waals surface area contributed by atoms with Crippen LogP contribution in [0.5, 0.6) is 0 Å². The van der Waals surface area contributed by atoms with Crippen molar-refractivity contribution in [3.63, 3.8) is 0 Å². The molecule has 0 amide bonds. The van der Waals surface area contributed by atoms with Crippen LogP contribution in [0.2, 0.25) is 0 Å². The highest BCUT2D eigenvalue weighted by Gasteiger charge is 2.31. The van der Waals surface area contributed by atoms with Gasteiger partial charge in [-0.2, -0.15) is 4.98 Å². The first-order valence-electron chi connectivity index (χ1n) is 5.72. The quantitative estimate of drug-likeness (QED) is 0.761. The van der Waals surface area contributed by atoms with Gasteiger partial charge in [0.15, 0.2) is 6.61 Å². The number of hydrogen-bond donors (Lipinski definition) is 0. The average Bonchev–Trinajstić information content (AvgIpc) is 3.16. The molecule has 0 saturated heterocycles. The van der Waals surface area contributed by atoms with Crippen LogP contribution >= 0.6 is 0 Å². The summed E-state index contributed by atoms with van der Waals surface area (Å²) in [6, 6.07) is 3.62. The summed E-state index contributed by atoms with van der Waals surface area (Å²) in [6.07, 6.45) is 5.15. The van der Waals surface area contributed by atoms with E-state index < -0.39 is 0 Å². The molecule has 0 N–H and O–H groups in total. The van der Waals surface area contributed by atoms with E-state index in [1.54, 1.807) is 18.5 Å². The molecule has 0 atom stereocenters. The number of hydrogen-bond acceptors (Lipinski definition) is 6. The van der Waals surface area contributed by atoms with Crippen LogP contribution in [0.4, 0.5) is 0 Å². The van der Waals surface area contributed by atoms with Crippen molar-refractivity contribution < 1.29 is 14.1 Å². The van der Waals surface area contributed by atoms with E-state index >= 15 is 0 Å². The molecule has 92 valence electrons.